The van der Waals surface area contributed by atoms with Crippen molar-refractivity contribution in [3.05, 3.63) is 28.7 Å². The van der Waals surface area contributed by atoms with Crippen LogP contribution in [0.1, 0.15) is 13.8 Å². The molecular weight excluding hydrogens is 278 g/mol. The van der Waals surface area contributed by atoms with Crippen LogP contribution in [0, 0.1) is 0 Å². The first kappa shape index (κ1) is 12.4. The molecule has 5 heteroatoms. The van der Waals surface area contributed by atoms with Crippen molar-refractivity contribution in [2.45, 2.75) is 18.7 Å². The number of nitrogens with zero attached hydrogens (tertiary/aromatic N) is 1. The second-order valence-electron chi connectivity index (χ2n) is 2.97. The lowest BCUT2D eigenvalue weighted by Crippen LogP contribution is -2.07. The summed E-state index contributed by atoms with van der Waals surface area (Å²) in [6.45, 7) is 3.07. The summed E-state index contributed by atoms with van der Waals surface area (Å²) in [6, 6.07) is 7.13. The van der Waals surface area contributed by atoms with E-state index in [0.717, 1.165) is 4.47 Å². The van der Waals surface area contributed by atoms with Crippen molar-refractivity contribution in [1.82, 2.24) is 0 Å². The predicted octanol–water partition coefficient (Wildman–Crippen LogP) is 2.84. The van der Waals surface area contributed by atoms with Crippen molar-refractivity contribution in [3.63, 3.8) is 0 Å². The summed E-state index contributed by atoms with van der Waals surface area (Å²) in [5.74, 6) is -0.0764. The Morgan fingerprint density at radius 1 is 1.47 bits per heavy atom. The molecule has 0 N–H and O–H groups in total. The molecule has 1 rings (SSSR count). The fourth-order valence-corrected chi connectivity index (χ4v) is 3.84. The van der Waals surface area contributed by atoms with Crippen LogP contribution < -0.4 is 0 Å². The molecule has 1 aromatic carbocycles. The van der Waals surface area contributed by atoms with Crippen molar-refractivity contribution in [1.29, 1.82) is 0 Å². The zero-order chi connectivity index (χ0) is 11.5. The number of hydrogen-bond donors (Lipinski definition) is 0. The summed E-state index contributed by atoms with van der Waals surface area (Å²) in [7, 11) is -2.61. The van der Waals surface area contributed by atoms with E-state index >= 15 is 0 Å². The van der Waals surface area contributed by atoms with Crippen molar-refractivity contribution in [2.75, 3.05) is 5.75 Å². The molecule has 0 aromatic heterocycles. The van der Waals surface area contributed by atoms with Gasteiger partial charge in [-0.15, -0.1) is 0 Å². The van der Waals surface area contributed by atoms with Crippen LogP contribution in [0.15, 0.2) is 38.0 Å². The Morgan fingerprint density at radius 2 is 2.07 bits per heavy atom. The van der Waals surface area contributed by atoms with E-state index in [4.69, 9.17) is 0 Å². The SMILES string of the molecule is CCS(=O)(=NC(C)=O)c1ccccc1Br. The minimum atomic E-state index is -2.61. The average molecular weight is 290 g/mol. The summed E-state index contributed by atoms with van der Waals surface area (Å²) in [4.78, 5) is 11.5. The van der Waals surface area contributed by atoms with E-state index in [0.29, 0.717) is 10.6 Å². The molecule has 1 aromatic rings. The highest BCUT2D eigenvalue weighted by Gasteiger charge is 2.14. The van der Waals surface area contributed by atoms with E-state index in [1.807, 2.05) is 6.07 Å². The van der Waals surface area contributed by atoms with Crippen LogP contribution in [0.4, 0.5) is 0 Å². The van der Waals surface area contributed by atoms with Gasteiger partial charge in [0, 0.05) is 17.1 Å². The highest BCUT2D eigenvalue weighted by Crippen LogP contribution is 2.24. The Hall–Kier alpha value is -0.680. The van der Waals surface area contributed by atoms with Gasteiger partial charge in [0.25, 0.3) is 5.91 Å². The molecule has 0 spiro atoms. The van der Waals surface area contributed by atoms with Crippen molar-refractivity contribution in [3.8, 4) is 0 Å². The van der Waals surface area contributed by atoms with Gasteiger partial charge in [-0.25, -0.2) is 4.21 Å². The second-order valence-corrected chi connectivity index (χ2v) is 6.30. The molecule has 0 heterocycles. The molecule has 1 atom stereocenters. The first-order chi connectivity index (χ1) is 6.99. The van der Waals surface area contributed by atoms with Crippen LogP contribution in [-0.2, 0) is 14.5 Å². The Morgan fingerprint density at radius 3 is 2.53 bits per heavy atom. The highest BCUT2D eigenvalue weighted by atomic mass is 79.9. The summed E-state index contributed by atoms with van der Waals surface area (Å²) < 4.78 is 16.8. The molecule has 0 aliphatic rings. The number of rotatable bonds is 2. The smallest absolute Gasteiger partial charge is 0.250 e. The number of hydrogen-bond acceptors (Lipinski definition) is 2. The molecule has 0 aliphatic carbocycles. The third-order valence-corrected chi connectivity index (χ3v) is 5.18. The van der Waals surface area contributed by atoms with Crippen LogP contribution in [0.2, 0.25) is 0 Å². The highest BCUT2D eigenvalue weighted by molar-refractivity contribution is 9.10. The van der Waals surface area contributed by atoms with Gasteiger partial charge in [0.1, 0.15) is 0 Å². The quantitative estimate of drug-likeness (QED) is 0.840. The molecule has 0 bridgehead atoms. The van der Waals surface area contributed by atoms with E-state index < -0.39 is 15.6 Å². The Labute approximate surface area is 98.2 Å². The molecule has 0 aliphatic heterocycles. The molecule has 15 heavy (non-hydrogen) atoms. The number of amides is 1. The van der Waals surface area contributed by atoms with Crippen LogP contribution >= 0.6 is 15.9 Å². The van der Waals surface area contributed by atoms with Crippen LogP contribution in [0.3, 0.4) is 0 Å². The molecule has 3 nitrogen and oxygen atoms in total. The number of carbonyl (C=O) groups is 1. The summed E-state index contributed by atoms with van der Waals surface area (Å²) in [5, 5.41) is 0. The molecule has 1 unspecified atom stereocenters. The minimum absolute atomic E-state index is 0.329. The number of halogens is 1. The molecule has 82 valence electrons. The van der Waals surface area contributed by atoms with Crippen LogP contribution in [-0.4, -0.2) is 15.9 Å². The average Bonchev–Trinajstić information content (AvgIpc) is 2.17. The van der Waals surface area contributed by atoms with Gasteiger partial charge >= 0.3 is 0 Å². The van der Waals surface area contributed by atoms with Crippen molar-refractivity contribution in [2.24, 2.45) is 4.36 Å². The van der Waals surface area contributed by atoms with E-state index in [2.05, 4.69) is 20.3 Å². The van der Waals surface area contributed by atoms with Gasteiger partial charge < -0.3 is 0 Å². The van der Waals surface area contributed by atoms with Gasteiger partial charge in [0.2, 0.25) is 0 Å². The largest absolute Gasteiger partial charge is 0.272 e. The maximum Gasteiger partial charge on any atom is 0.250 e. The molecule has 0 radical (unpaired) electrons. The standard InChI is InChI=1S/C10H12BrNO2S/c1-3-15(14,12-8(2)13)10-7-5-4-6-9(10)11/h4-7H,3H2,1-2H3. The van der Waals surface area contributed by atoms with Gasteiger partial charge in [0.15, 0.2) is 0 Å². The first-order valence-electron chi connectivity index (χ1n) is 4.49. The summed E-state index contributed by atoms with van der Waals surface area (Å²) in [6.07, 6.45) is 0. The molecule has 0 saturated heterocycles. The fraction of sp³-hybridized carbons (Fsp3) is 0.300. The lowest BCUT2D eigenvalue weighted by atomic mass is 10.4. The Kier molecular flexibility index (Phi) is 4.04. The summed E-state index contributed by atoms with van der Waals surface area (Å²) in [5.41, 5.74) is 0. The van der Waals surface area contributed by atoms with Crippen molar-refractivity contribution >= 4 is 31.6 Å². The molecular formula is C10H12BrNO2S. The first-order valence-corrected chi connectivity index (χ1v) is 6.97. The Balaban J connectivity index is 3.44. The van der Waals surface area contributed by atoms with Gasteiger partial charge in [0.05, 0.1) is 14.6 Å². The summed E-state index contributed by atoms with van der Waals surface area (Å²) >= 11 is 3.31. The van der Waals surface area contributed by atoms with E-state index in [9.17, 15) is 9.00 Å². The third kappa shape index (κ3) is 2.89. The van der Waals surface area contributed by atoms with Crippen LogP contribution in [0.25, 0.3) is 0 Å². The Bertz CT molecular complexity index is 490. The molecule has 0 fully saturated rings. The van der Waals surface area contributed by atoms with E-state index in [1.165, 1.54) is 6.92 Å². The van der Waals surface area contributed by atoms with E-state index in [-0.39, 0.29) is 0 Å². The van der Waals surface area contributed by atoms with Gasteiger partial charge in [-0.1, -0.05) is 19.1 Å². The number of benzene rings is 1. The maximum atomic E-state index is 12.4. The second kappa shape index (κ2) is 4.90. The topological polar surface area (TPSA) is 46.5 Å². The lowest BCUT2D eigenvalue weighted by molar-refractivity contribution is -0.115. The lowest BCUT2D eigenvalue weighted by Gasteiger charge is -2.08. The van der Waals surface area contributed by atoms with Gasteiger partial charge in [-0.2, -0.15) is 4.36 Å². The van der Waals surface area contributed by atoms with Crippen LogP contribution in [0.5, 0.6) is 0 Å². The maximum absolute atomic E-state index is 12.4. The monoisotopic (exact) mass is 289 g/mol. The van der Waals surface area contributed by atoms with Gasteiger partial charge in [-0.3, -0.25) is 4.79 Å². The molecule has 0 saturated carbocycles. The zero-order valence-electron chi connectivity index (χ0n) is 8.57. The third-order valence-electron chi connectivity index (χ3n) is 1.85. The van der Waals surface area contributed by atoms with Gasteiger partial charge in [-0.05, 0) is 28.1 Å². The minimum Gasteiger partial charge on any atom is -0.272 e. The van der Waals surface area contributed by atoms with E-state index in [1.54, 1.807) is 25.1 Å². The van der Waals surface area contributed by atoms with Crippen molar-refractivity contribution < 1.29 is 9.00 Å². The number of carbonyl (C=O) groups excluding carboxylic acids is 1. The normalized spacial score (nSPS) is 14.3. The predicted molar refractivity (Wildman–Crippen MR) is 64.2 cm³/mol. The molecule has 1 amide bonds. The zero-order valence-corrected chi connectivity index (χ0v) is 11.0. The fourth-order valence-electron chi connectivity index (χ4n) is 1.18.